The predicted octanol–water partition coefficient (Wildman–Crippen LogP) is 3.45. The van der Waals surface area contributed by atoms with Crippen molar-refractivity contribution < 1.29 is 18.0 Å². The second kappa shape index (κ2) is 6.57. The van der Waals surface area contributed by atoms with Crippen molar-refractivity contribution in [3.63, 3.8) is 0 Å². The monoisotopic (exact) mass is 368 g/mol. The average Bonchev–Trinajstić information content (AvgIpc) is 3.13. The van der Waals surface area contributed by atoms with Crippen LogP contribution >= 0.6 is 0 Å². The zero-order chi connectivity index (χ0) is 19.2. The number of benzene rings is 1. The second-order valence-electron chi connectivity index (χ2n) is 7.24. The number of carbonyl (C=O) groups excluding carboxylic acids is 1. The van der Waals surface area contributed by atoms with Gasteiger partial charge in [-0.15, -0.1) is 0 Å². The van der Waals surface area contributed by atoms with Gasteiger partial charge in [0.05, 0.1) is 11.0 Å². The highest BCUT2D eigenvalue weighted by atomic mass is 19.4. The molecule has 2 unspecified atom stereocenters. The molecule has 1 fully saturated rings. The molecule has 26 heavy (non-hydrogen) atoms. The fraction of sp³-hybridized carbons (Fsp3) is 0.556. The second-order valence-corrected chi connectivity index (χ2v) is 7.24. The van der Waals surface area contributed by atoms with Crippen molar-refractivity contribution >= 4 is 16.9 Å². The molecule has 3 rings (SSSR count). The van der Waals surface area contributed by atoms with Crippen molar-refractivity contribution in [2.75, 3.05) is 13.1 Å². The lowest BCUT2D eigenvalue weighted by molar-refractivity contribution is -0.147. The van der Waals surface area contributed by atoms with E-state index in [2.05, 4.69) is 4.98 Å². The Bertz CT molecular complexity index is 828. The van der Waals surface area contributed by atoms with Gasteiger partial charge >= 0.3 is 6.18 Å². The Morgan fingerprint density at radius 1 is 1.38 bits per heavy atom. The molecule has 0 bridgehead atoms. The van der Waals surface area contributed by atoms with Crippen LogP contribution in [0.1, 0.15) is 49.4 Å². The van der Waals surface area contributed by atoms with E-state index in [1.165, 1.54) is 6.07 Å². The van der Waals surface area contributed by atoms with Gasteiger partial charge in [0.15, 0.2) is 0 Å². The van der Waals surface area contributed by atoms with Gasteiger partial charge in [-0.05, 0) is 57.9 Å². The molecule has 0 saturated carbocycles. The maximum Gasteiger partial charge on any atom is 0.449 e. The lowest BCUT2D eigenvalue weighted by atomic mass is 10.1. The van der Waals surface area contributed by atoms with Gasteiger partial charge in [0.2, 0.25) is 5.82 Å². The zero-order valence-electron chi connectivity index (χ0n) is 15.0. The van der Waals surface area contributed by atoms with Crippen molar-refractivity contribution in [2.45, 2.75) is 45.5 Å². The van der Waals surface area contributed by atoms with Gasteiger partial charge in [-0.25, -0.2) is 4.98 Å². The molecule has 1 aromatic carbocycles. The Morgan fingerprint density at radius 3 is 2.62 bits per heavy atom. The van der Waals surface area contributed by atoms with Crippen LogP contribution in [-0.4, -0.2) is 39.5 Å². The maximum absolute atomic E-state index is 13.3. The largest absolute Gasteiger partial charge is 0.449 e. The van der Waals surface area contributed by atoms with Gasteiger partial charge in [0.25, 0.3) is 5.91 Å². The average molecular weight is 368 g/mol. The minimum atomic E-state index is -4.55. The summed E-state index contributed by atoms with van der Waals surface area (Å²) < 4.78 is 41.1. The minimum absolute atomic E-state index is 0.0608. The van der Waals surface area contributed by atoms with E-state index < -0.39 is 18.0 Å². The van der Waals surface area contributed by atoms with Crippen molar-refractivity contribution in [3.8, 4) is 0 Å². The number of nitrogens with two attached hydrogens (primary N) is 1. The first-order chi connectivity index (χ1) is 12.1. The van der Waals surface area contributed by atoms with Crippen LogP contribution in [0.5, 0.6) is 0 Å². The first-order valence-corrected chi connectivity index (χ1v) is 8.73. The number of amides is 1. The maximum atomic E-state index is 13.3. The van der Waals surface area contributed by atoms with E-state index in [9.17, 15) is 18.0 Å². The van der Waals surface area contributed by atoms with Crippen LogP contribution in [0, 0.1) is 5.92 Å². The summed E-state index contributed by atoms with van der Waals surface area (Å²) in [5, 5.41) is 0. The summed E-state index contributed by atoms with van der Waals surface area (Å²) in [6.45, 7) is 6.40. The Morgan fingerprint density at radius 2 is 2.08 bits per heavy atom. The Balaban J connectivity index is 2.01. The predicted molar refractivity (Wildman–Crippen MR) is 92.8 cm³/mol. The Hall–Kier alpha value is -2.09. The molecule has 2 N–H and O–H groups in total. The summed E-state index contributed by atoms with van der Waals surface area (Å²) in [5.41, 5.74) is 6.61. The lowest BCUT2D eigenvalue weighted by Crippen LogP contribution is -2.34. The highest BCUT2D eigenvalue weighted by Crippen LogP contribution is 2.34. The molecule has 2 heterocycles. The molecule has 1 aromatic heterocycles. The van der Waals surface area contributed by atoms with Crippen LogP contribution in [0.2, 0.25) is 0 Å². The van der Waals surface area contributed by atoms with Crippen LogP contribution in [0.25, 0.3) is 11.0 Å². The van der Waals surface area contributed by atoms with E-state index >= 15 is 0 Å². The number of hydrogen-bond donors (Lipinski definition) is 1. The Labute approximate surface area is 150 Å². The number of fused-ring (bicyclic) bond motifs is 1. The smallest absolute Gasteiger partial charge is 0.336 e. The van der Waals surface area contributed by atoms with E-state index in [0.717, 1.165) is 11.0 Å². The third kappa shape index (κ3) is 3.18. The summed E-state index contributed by atoms with van der Waals surface area (Å²) in [5.74, 6) is -0.873. The van der Waals surface area contributed by atoms with E-state index in [4.69, 9.17) is 5.73 Å². The fourth-order valence-electron chi connectivity index (χ4n) is 3.72. The molecule has 1 aliphatic heterocycles. The van der Waals surface area contributed by atoms with E-state index in [1.807, 2.05) is 6.92 Å². The van der Waals surface area contributed by atoms with Gasteiger partial charge < -0.3 is 15.2 Å². The number of nitrogens with zero attached hydrogens (tertiary/aromatic N) is 3. The molecule has 0 radical (unpaired) electrons. The minimum Gasteiger partial charge on any atom is -0.336 e. The molecule has 0 spiro atoms. The van der Waals surface area contributed by atoms with Crippen LogP contribution in [-0.2, 0) is 6.18 Å². The lowest BCUT2D eigenvalue weighted by Gasteiger charge is -2.21. The number of likely N-dealkylation sites (tertiary alicyclic amines) is 1. The topological polar surface area (TPSA) is 64.2 Å². The number of carbonyl (C=O) groups is 1. The summed E-state index contributed by atoms with van der Waals surface area (Å²) in [6, 6.07) is 4.24. The number of imidazole rings is 1. The number of alkyl halides is 3. The molecule has 8 heteroatoms. The third-order valence-corrected chi connectivity index (χ3v) is 4.96. The van der Waals surface area contributed by atoms with Crippen LogP contribution in [0.15, 0.2) is 18.2 Å². The summed E-state index contributed by atoms with van der Waals surface area (Å²) in [4.78, 5) is 18.3. The molecule has 1 aliphatic rings. The van der Waals surface area contributed by atoms with Gasteiger partial charge in [-0.2, -0.15) is 13.2 Å². The molecule has 2 aromatic rings. The third-order valence-electron chi connectivity index (χ3n) is 4.96. The first kappa shape index (κ1) is 18.7. The van der Waals surface area contributed by atoms with Crippen LogP contribution < -0.4 is 5.73 Å². The summed E-state index contributed by atoms with van der Waals surface area (Å²) >= 11 is 0. The van der Waals surface area contributed by atoms with Gasteiger partial charge in [-0.3, -0.25) is 4.79 Å². The number of halogens is 3. The van der Waals surface area contributed by atoms with Crippen LogP contribution in [0.4, 0.5) is 13.2 Å². The number of rotatable bonds is 3. The first-order valence-electron chi connectivity index (χ1n) is 8.73. The highest BCUT2D eigenvalue weighted by molar-refractivity contribution is 5.97. The van der Waals surface area contributed by atoms with E-state index in [-0.39, 0.29) is 23.4 Å². The molecule has 1 amide bonds. The van der Waals surface area contributed by atoms with Crippen molar-refractivity contribution in [1.29, 1.82) is 0 Å². The van der Waals surface area contributed by atoms with E-state index in [1.54, 1.807) is 30.9 Å². The molecule has 5 nitrogen and oxygen atoms in total. The van der Waals surface area contributed by atoms with Crippen LogP contribution in [0.3, 0.4) is 0 Å². The van der Waals surface area contributed by atoms with E-state index in [0.29, 0.717) is 24.2 Å². The summed E-state index contributed by atoms with van der Waals surface area (Å²) in [6.07, 6.45) is -3.71. The zero-order valence-corrected chi connectivity index (χ0v) is 15.0. The normalized spacial score (nSPS) is 21.2. The highest BCUT2D eigenvalue weighted by Gasteiger charge is 2.38. The molecule has 2 atom stereocenters. The number of hydrogen-bond acceptors (Lipinski definition) is 3. The molecular weight excluding hydrogens is 345 g/mol. The van der Waals surface area contributed by atoms with Crippen molar-refractivity contribution in [2.24, 2.45) is 11.7 Å². The summed E-state index contributed by atoms with van der Waals surface area (Å²) in [7, 11) is 0. The Kier molecular flexibility index (Phi) is 4.72. The van der Waals surface area contributed by atoms with Crippen molar-refractivity contribution in [1.82, 2.24) is 14.5 Å². The molecular formula is C18H23F3N4O. The van der Waals surface area contributed by atoms with Crippen molar-refractivity contribution in [3.05, 3.63) is 29.6 Å². The quantitative estimate of drug-likeness (QED) is 0.903. The standard InChI is InChI=1S/C18H23F3N4O/c1-10(2)25-15-5-4-13(7-14(15)23-17(25)18(19,20)21)16(26)24-9-12(8-22)6-11(24)3/h4-5,7,10-12H,6,8-9,22H2,1-3H3. The van der Waals surface area contributed by atoms with Gasteiger partial charge in [0, 0.05) is 24.2 Å². The number of aromatic nitrogens is 2. The molecule has 1 saturated heterocycles. The van der Waals surface area contributed by atoms with Gasteiger partial charge in [0.1, 0.15) is 0 Å². The molecule has 0 aliphatic carbocycles. The SMILES string of the molecule is CC1CC(CN)CN1C(=O)c1ccc2c(c1)nc(C(F)(F)F)n2C(C)C. The molecule has 142 valence electrons. The fourth-order valence-corrected chi connectivity index (χ4v) is 3.72. The van der Waals surface area contributed by atoms with Gasteiger partial charge in [-0.1, -0.05) is 0 Å².